The summed E-state index contributed by atoms with van der Waals surface area (Å²) < 4.78 is 53.7. The maximum absolute atomic E-state index is 8.61. The van der Waals surface area contributed by atoms with Gasteiger partial charge in [0.2, 0.25) is 11.2 Å². The molecule has 17 aromatic carbocycles. The first-order valence-corrected chi connectivity index (χ1v) is 47.4. The zero-order chi connectivity index (χ0) is 96.1. The molecule has 10 aromatic heterocycles. The molecule has 0 aliphatic carbocycles. The van der Waals surface area contributed by atoms with E-state index in [1.165, 1.54) is 120 Å². The van der Waals surface area contributed by atoms with E-state index in [4.69, 9.17) is 23.5 Å². The molecule has 0 saturated heterocycles. The molecule has 0 unspecified atom stereocenters. The van der Waals surface area contributed by atoms with Gasteiger partial charge in [0.1, 0.15) is 92.3 Å². The van der Waals surface area contributed by atoms with Gasteiger partial charge in [-0.05, 0) is 244 Å². The number of aryl methyl sites for hydroxylation is 12. The number of imidazole rings is 1. The van der Waals surface area contributed by atoms with Crippen LogP contribution in [0.3, 0.4) is 0 Å². The van der Waals surface area contributed by atoms with Gasteiger partial charge in [0.15, 0.2) is 22.3 Å². The summed E-state index contributed by atoms with van der Waals surface area (Å²) in [7, 11) is 12.4. The summed E-state index contributed by atoms with van der Waals surface area (Å²) in [6.07, 6.45) is 9.18. The molecule has 14 heteroatoms. The van der Waals surface area contributed by atoms with E-state index in [0.717, 1.165) is 172 Å². The van der Waals surface area contributed by atoms with E-state index in [2.05, 4.69) is 394 Å². The Morgan fingerprint density at radius 1 is 0.281 bits per heavy atom. The van der Waals surface area contributed by atoms with Crippen LogP contribution in [0.15, 0.2) is 357 Å². The van der Waals surface area contributed by atoms with E-state index in [1.54, 1.807) is 0 Å². The molecule has 0 atom stereocenters. The molecular formula is C125H104N9O5+5. The van der Waals surface area contributed by atoms with Crippen LogP contribution in [-0.4, -0.2) is 19.5 Å². The van der Waals surface area contributed by atoms with E-state index in [1.807, 2.05) is 94.6 Å². The Hall–Kier alpha value is -16.8. The first-order chi connectivity index (χ1) is 67.8. The number of para-hydroxylation sites is 2. The van der Waals surface area contributed by atoms with Crippen LogP contribution in [0, 0.1) is 55.4 Å². The second kappa shape index (κ2) is 34.2. The Balaban J connectivity index is 0.0000000981. The van der Waals surface area contributed by atoms with Gasteiger partial charge in [0, 0.05) is 97.9 Å². The number of benzene rings is 17. The quantitative estimate of drug-likeness (QED) is 0.151. The van der Waals surface area contributed by atoms with Gasteiger partial charge in [-0.15, -0.1) is 0 Å². The zero-order valence-corrected chi connectivity index (χ0v) is 80.8. The lowest BCUT2D eigenvalue weighted by atomic mass is 9.94. The minimum atomic E-state index is -0.665. The minimum absolute atomic E-state index is 0.665. The van der Waals surface area contributed by atoms with Crippen molar-refractivity contribution in [1.82, 2.24) is 19.5 Å². The molecule has 27 rings (SSSR count). The molecule has 0 N–H and O–H groups in total. The topological polar surface area (TPSA) is 129 Å². The summed E-state index contributed by atoms with van der Waals surface area (Å²) in [4.78, 5) is 12.8. The molecular weight excluding hydrogens is 1710 g/mol. The van der Waals surface area contributed by atoms with Gasteiger partial charge in [-0.1, -0.05) is 211 Å². The third-order valence-electron chi connectivity index (χ3n) is 28.7. The second-order valence-electron chi connectivity index (χ2n) is 37.7. The molecule has 0 aliphatic heterocycles. The Labute approximate surface area is 804 Å². The van der Waals surface area contributed by atoms with Crippen LogP contribution in [0.2, 0.25) is 0 Å². The lowest BCUT2D eigenvalue weighted by Gasteiger charge is -2.12. The fraction of sp³-hybridized carbons (Fsp3) is 0.136. The van der Waals surface area contributed by atoms with Crippen LogP contribution in [0.25, 0.3) is 242 Å². The number of hydrogen-bond donors (Lipinski definition) is 0. The lowest BCUT2D eigenvalue weighted by Crippen LogP contribution is -2.32. The number of hydrogen-bond acceptors (Lipinski definition) is 8. The van der Waals surface area contributed by atoms with Gasteiger partial charge in [0.05, 0.1) is 57.5 Å². The van der Waals surface area contributed by atoms with Crippen LogP contribution in [-0.2, 0) is 42.3 Å². The van der Waals surface area contributed by atoms with Gasteiger partial charge in [-0.25, -0.2) is 22.8 Å². The van der Waals surface area contributed by atoms with Crippen LogP contribution < -0.4 is 22.8 Å². The SMILES string of the molecule is Cc1cc(-c2c(C)ccc3c2oc2cc4ccccc4cc23)[n+](C)cn1.Cc1cc2c(oc3cc4ccccc4cc32)c(-c2ccnc[n+]2C)c1C.Cc1ccc2c(oc3cc4ccccc4cc32)c1-c1ccnc[n+]1C.Cc1ccc2c(oc3cc4ccccc4cc32)c1-c1n(C)c2ccccc2[n+]1C.[2H]C(C)(C)c1cccc2c1ccc(-c1c(C)c(C)cc3c1oc1cc4ccccc4cc13)[n+]2C. The Bertz CT molecular complexity index is 9810. The fourth-order valence-corrected chi connectivity index (χ4v) is 21.2. The average molecular weight is 1810 g/mol. The number of furan rings is 5. The van der Waals surface area contributed by atoms with E-state index in [0.29, 0.717) is 0 Å². The maximum atomic E-state index is 8.61. The number of fused-ring (bicyclic) bond motifs is 22. The molecule has 0 fully saturated rings. The van der Waals surface area contributed by atoms with Gasteiger partial charge in [-0.2, -0.15) is 4.57 Å². The Morgan fingerprint density at radius 3 is 1.03 bits per heavy atom. The highest BCUT2D eigenvalue weighted by molar-refractivity contribution is 6.19. The summed E-state index contributed by atoms with van der Waals surface area (Å²) in [6, 6.07) is 107. The molecule has 0 bridgehead atoms. The second-order valence-corrected chi connectivity index (χ2v) is 37.7. The predicted octanol–water partition coefficient (Wildman–Crippen LogP) is 29.6. The summed E-state index contributed by atoms with van der Waals surface area (Å²) in [5.41, 5.74) is 33.6. The fourth-order valence-electron chi connectivity index (χ4n) is 21.2. The van der Waals surface area contributed by atoms with Gasteiger partial charge >= 0.3 is 0 Å². The standard InChI is InChI=1S/C31H28NO.C26H21N2O.2C23H19N2O.C22H17N2O/c1-18(2)23-11-8-12-27-24(23)13-14-28(32(27)5)30-20(4)19(3)15-26-25-16-21-9-6-7-10-22(21)17-29(25)33-31(26)30;1-16-12-13-19-20-14-17-8-4-5-9-18(17)15-23(20)29-25(19)24(16)26-27(2)21-10-6-7-11-22(21)28(26)3;1-14-10-19-18-11-16-6-4-5-7-17(16)12-21(18)26-23(19)22(15(14)2)20-8-9-24-13-25(20)3;1-14-8-9-18-19-11-16-6-4-5-7-17(16)12-21(19)26-23(18)22(14)20-10-15(2)24-13-25(20)3;1-14-7-8-17-18-11-15-5-3-4-6-16(15)12-20(18)25-22(17)21(14)19-9-10-23-13-24(19)2/h6-18H,1-5H3;4-15H,1-3H3;2*4-13H,1-3H3;3-13H,1-2H3/q5*+1/i18D;;;;. The van der Waals surface area contributed by atoms with Crippen molar-refractivity contribution in [2.45, 2.75) is 75.1 Å². The van der Waals surface area contributed by atoms with Crippen molar-refractivity contribution < 1.29 is 46.3 Å². The zero-order valence-electron chi connectivity index (χ0n) is 81.8. The lowest BCUT2D eigenvalue weighted by molar-refractivity contribution is -0.663. The first kappa shape index (κ1) is 85.1. The predicted molar refractivity (Wildman–Crippen MR) is 569 cm³/mol. The molecule has 14 nitrogen and oxygen atoms in total. The highest BCUT2D eigenvalue weighted by Crippen LogP contribution is 2.47. The number of aromatic nitrogens is 9. The Morgan fingerprint density at radius 2 is 0.619 bits per heavy atom. The number of nitrogens with zero attached hydrogens (tertiary/aromatic N) is 9. The van der Waals surface area contributed by atoms with E-state index < -0.39 is 5.89 Å². The van der Waals surface area contributed by atoms with Crippen molar-refractivity contribution >= 4 is 185 Å². The summed E-state index contributed by atoms with van der Waals surface area (Å²) >= 11 is 0. The van der Waals surface area contributed by atoms with Crippen LogP contribution in [0.1, 0.15) is 71.3 Å². The minimum Gasteiger partial charge on any atom is -0.455 e. The molecule has 0 amide bonds. The van der Waals surface area contributed by atoms with Crippen molar-refractivity contribution in [3.8, 4) is 56.4 Å². The maximum Gasteiger partial charge on any atom is 0.293 e. The summed E-state index contributed by atoms with van der Waals surface area (Å²) in [5.74, 6) is 0.485. The average Bonchev–Trinajstić information content (AvgIpc) is 1.53. The van der Waals surface area contributed by atoms with E-state index in [-0.39, 0.29) is 0 Å². The number of rotatable bonds is 6. The van der Waals surface area contributed by atoms with Crippen molar-refractivity contribution in [2.24, 2.45) is 42.3 Å². The highest BCUT2D eigenvalue weighted by Gasteiger charge is 2.31. The van der Waals surface area contributed by atoms with Gasteiger partial charge in [-0.3, -0.25) is 0 Å². The molecule has 10 heterocycles. The van der Waals surface area contributed by atoms with Crippen molar-refractivity contribution in [2.75, 3.05) is 0 Å². The molecule has 0 radical (unpaired) electrons. The monoisotopic (exact) mass is 1810 g/mol. The van der Waals surface area contributed by atoms with Crippen molar-refractivity contribution in [3.05, 3.63) is 385 Å². The van der Waals surface area contributed by atoms with Gasteiger partial charge in [0.25, 0.3) is 24.8 Å². The normalized spacial score (nSPS) is 12.0. The van der Waals surface area contributed by atoms with Crippen molar-refractivity contribution in [3.63, 3.8) is 0 Å². The first-order valence-electron chi connectivity index (χ1n) is 47.9. The molecule has 0 aliphatic rings. The summed E-state index contributed by atoms with van der Waals surface area (Å²) in [6.45, 7) is 21.0. The van der Waals surface area contributed by atoms with Crippen molar-refractivity contribution in [1.29, 1.82) is 0 Å². The van der Waals surface area contributed by atoms with E-state index in [9.17, 15) is 0 Å². The third kappa shape index (κ3) is 14.7. The Kier molecular flexibility index (Phi) is 20.9. The largest absolute Gasteiger partial charge is 0.455 e. The molecule has 674 valence electrons. The smallest absolute Gasteiger partial charge is 0.293 e. The molecule has 0 saturated carbocycles. The summed E-state index contributed by atoms with van der Waals surface area (Å²) in [5, 5.41) is 24.8. The molecule has 27 aromatic rings. The highest BCUT2D eigenvalue weighted by atomic mass is 16.3. The third-order valence-corrected chi connectivity index (χ3v) is 28.7. The van der Waals surface area contributed by atoms with Gasteiger partial charge < -0.3 is 22.1 Å². The van der Waals surface area contributed by atoms with Crippen LogP contribution in [0.4, 0.5) is 0 Å². The van der Waals surface area contributed by atoms with E-state index >= 15 is 0 Å². The van der Waals surface area contributed by atoms with Crippen LogP contribution >= 0.6 is 0 Å². The molecule has 139 heavy (non-hydrogen) atoms. The number of pyridine rings is 1. The van der Waals surface area contributed by atoms with Crippen LogP contribution in [0.5, 0.6) is 0 Å². The molecule has 0 spiro atoms.